The molecule has 0 aliphatic heterocycles. The van der Waals surface area contributed by atoms with E-state index in [0.29, 0.717) is 15.2 Å². The highest BCUT2D eigenvalue weighted by molar-refractivity contribution is 8.01. The summed E-state index contributed by atoms with van der Waals surface area (Å²) in [6.07, 6.45) is 3.15. The summed E-state index contributed by atoms with van der Waals surface area (Å²) in [6.45, 7) is 0. The van der Waals surface area contributed by atoms with Crippen LogP contribution in [0, 0.1) is 0 Å². The first-order chi connectivity index (χ1) is 14.1. The van der Waals surface area contributed by atoms with Gasteiger partial charge in [-0.2, -0.15) is 0 Å². The smallest absolute Gasteiger partial charge is 0.250 e. The topological polar surface area (TPSA) is 93.2 Å². The number of benzene rings is 2. The molecule has 7 nitrogen and oxygen atoms in total. The number of anilines is 2. The standard InChI is InChI=1S/C20H18N4O3S2/c1-27-16-10-8-15(9-11-16)21-18(26)13-28-20-24-23-19(29-20)22-17(25)12-7-14-5-3-2-4-6-14/h2-12H,13H2,1H3,(H,21,26)(H,22,23,25)/b12-7+. The van der Waals surface area contributed by atoms with E-state index in [-0.39, 0.29) is 17.6 Å². The second kappa shape index (κ2) is 10.4. The number of hydrogen-bond acceptors (Lipinski definition) is 7. The molecule has 29 heavy (non-hydrogen) atoms. The SMILES string of the molecule is COc1ccc(NC(=O)CSc2nnc(NC(=O)/C=C/c3ccccc3)s2)cc1. The summed E-state index contributed by atoms with van der Waals surface area (Å²) in [4.78, 5) is 24.0. The lowest BCUT2D eigenvalue weighted by molar-refractivity contribution is -0.114. The van der Waals surface area contributed by atoms with E-state index in [0.717, 1.165) is 11.3 Å². The highest BCUT2D eigenvalue weighted by atomic mass is 32.2. The number of nitrogens with zero attached hydrogens (tertiary/aromatic N) is 2. The van der Waals surface area contributed by atoms with Crippen molar-refractivity contribution < 1.29 is 14.3 Å². The fourth-order valence-electron chi connectivity index (χ4n) is 2.20. The first-order valence-corrected chi connectivity index (χ1v) is 10.4. The molecule has 0 atom stereocenters. The molecule has 0 aliphatic carbocycles. The minimum absolute atomic E-state index is 0.160. The van der Waals surface area contributed by atoms with Gasteiger partial charge < -0.3 is 10.1 Å². The number of amides is 2. The number of nitrogens with one attached hydrogen (secondary N) is 2. The molecule has 0 saturated heterocycles. The van der Waals surface area contributed by atoms with Gasteiger partial charge in [-0.3, -0.25) is 14.9 Å². The van der Waals surface area contributed by atoms with Gasteiger partial charge in [0.15, 0.2) is 4.34 Å². The van der Waals surface area contributed by atoms with Gasteiger partial charge in [0, 0.05) is 11.8 Å². The predicted molar refractivity (Wildman–Crippen MR) is 116 cm³/mol. The second-order valence-corrected chi connectivity index (χ2v) is 7.87. The van der Waals surface area contributed by atoms with Crippen molar-refractivity contribution in [1.82, 2.24) is 10.2 Å². The molecule has 0 aliphatic rings. The van der Waals surface area contributed by atoms with Gasteiger partial charge in [0.1, 0.15) is 5.75 Å². The average Bonchev–Trinajstić information content (AvgIpc) is 3.19. The monoisotopic (exact) mass is 426 g/mol. The van der Waals surface area contributed by atoms with Crippen molar-refractivity contribution in [2.45, 2.75) is 4.34 Å². The molecule has 9 heteroatoms. The van der Waals surface area contributed by atoms with Crippen LogP contribution >= 0.6 is 23.1 Å². The number of aromatic nitrogens is 2. The number of thioether (sulfide) groups is 1. The Labute approximate surface area is 176 Å². The van der Waals surface area contributed by atoms with Gasteiger partial charge in [-0.05, 0) is 35.9 Å². The molecule has 148 valence electrons. The van der Waals surface area contributed by atoms with Crippen LogP contribution in [0.2, 0.25) is 0 Å². The maximum Gasteiger partial charge on any atom is 0.250 e. The van der Waals surface area contributed by atoms with Crippen LogP contribution in [0.4, 0.5) is 10.8 Å². The lowest BCUT2D eigenvalue weighted by Gasteiger charge is -2.05. The molecule has 2 aromatic carbocycles. The van der Waals surface area contributed by atoms with Crippen LogP contribution in [-0.2, 0) is 9.59 Å². The summed E-state index contributed by atoms with van der Waals surface area (Å²) < 4.78 is 5.68. The van der Waals surface area contributed by atoms with Gasteiger partial charge in [0.25, 0.3) is 0 Å². The molecule has 0 fully saturated rings. The Kier molecular flexibility index (Phi) is 7.37. The first-order valence-electron chi connectivity index (χ1n) is 8.57. The van der Waals surface area contributed by atoms with E-state index in [9.17, 15) is 9.59 Å². The normalized spacial score (nSPS) is 10.7. The minimum atomic E-state index is -0.293. The van der Waals surface area contributed by atoms with Crippen molar-refractivity contribution in [3.8, 4) is 5.75 Å². The van der Waals surface area contributed by atoms with Crippen molar-refractivity contribution in [2.24, 2.45) is 0 Å². The van der Waals surface area contributed by atoms with Crippen LogP contribution in [0.25, 0.3) is 6.08 Å². The third kappa shape index (κ3) is 6.74. The quantitative estimate of drug-likeness (QED) is 0.322. The molecule has 2 N–H and O–H groups in total. The maximum atomic E-state index is 12.1. The van der Waals surface area contributed by atoms with Crippen LogP contribution < -0.4 is 15.4 Å². The van der Waals surface area contributed by atoms with Crippen LogP contribution in [0.1, 0.15) is 5.56 Å². The summed E-state index contributed by atoms with van der Waals surface area (Å²) in [6, 6.07) is 16.6. The van der Waals surface area contributed by atoms with Crippen molar-refractivity contribution in [2.75, 3.05) is 23.5 Å². The molecule has 0 saturated carbocycles. The molecule has 0 bridgehead atoms. The Hall–Kier alpha value is -3.17. The molecule has 3 rings (SSSR count). The highest BCUT2D eigenvalue weighted by Crippen LogP contribution is 2.25. The molecule has 1 aromatic heterocycles. The average molecular weight is 427 g/mol. The van der Waals surface area contributed by atoms with Crippen molar-refractivity contribution in [1.29, 1.82) is 0 Å². The summed E-state index contributed by atoms with van der Waals surface area (Å²) >= 11 is 2.47. The molecule has 1 heterocycles. The first kappa shape index (κ1) is 20.6. The van der Waals surface area contributed by atoms with E-state index in [4.69, 9.17) is 4.74 Å². The molecule has 0 radical (unpaired) electrons. The number of ether oxygens (including phenoxy) is 1. The number of hydrogen-bond donors (Lipinski definition) is 2. The largest absolute Gasteiger partial charge is 0.497 e. The van der Waals surface area contributed by atoms with Gasteiger partial charge in [-0.15, -0.1) is 10.2 Å². The second-order valence-electron chi connectivity index (χ2n) is 5.67. The van der Waals surface area contributed by atoms with E-state index in [1.807, 2.05) is 30.3 Å². The van der Waals surface area contributed by atoms with Crippen LogP contribution in [0.3, 0.4) is 0 Å². The zero-order valence-electron chi connectivity index (χ0n) is 15.5. The summed E-state index contributed by atoms with van der Waals surface area (Å²) in [5.41, 5.74) is 1.62. The summed E-state index contributed by atoms with van der Waals surface area (Å²) in [7, 11) is 1.59. The van der Waals surface area contributed by atoms with Gasteiger partial charge >= 0.3 is 0 Å². The Morgan fingerprint density at radius 1 is 1.07 bits per heavy atom. The van der Waals surface area contributed by atoms with E-state index in [1.165, 1.54) is 29.2 Å². The molecular formula is C20H18N4O3S2. The Bertz CT molecular complexity index is 988. The third-order valence-corrected chi connectivity index (χ3v) is 5.54. The zero-order valence-corrected chi connectivity index (χ0v) is 17.1. The Morgan fingerprint density at radius 3 is 2.55 bits per heavy atom. The van der Waals surface area contributed by atoms with Gasteiger partial charge in [0.2, 0.25) is 16.9 Å². The Morgan fingerprint density at radius 2 is 1.83 bits per heavy atom. The zero-order chi connectivity index (χ0) is 20.5. The van der Waals surface area contributed by atoms with Gasteiger partial charge in [-0.1, -0.05) is 53.4 Å². The molecule has 2 amide bonds. The van der Waals surface area contributed by atoms with Crippen LogP contribution in [0.15, 0.2) is 65.0 Å². The van der Waals surface area contributed by atoms with Crippen molar-refractivity contribution in [3.63, 3.8) is 0 Å². The van der Waals surface area contributed by atoms with E-state index < -0.39 is 0 Å². The predicted octanol–water partition coefficient (Wildman–Crippen LogP) is 3.93. The lowest BCUT2D eigenvalue weighted by Crippen LogP contribution is -2.13. The fraction of sp³-hybridized carbons (Fsp3) is 0.100. The van der Waals surface area contributed by atoms with Crippen molar-refractivity contribution >= 4 is 51.8 Å². The fourth-order valence-corrected chi connectivity index (χ4v) is 3.76. The highest BCUT2D eigenvalue weighted by Gasteiger charge is 2.10. The molecule has 0 spiro atoms. The summed E-state index contributed by atoms with van der Waals surface area (Å²) in [5, 5.41) is 13.8. The number of carbonyl (C=O) groups is 2. The van der Waals surface area contributed by atoms with E-state index >= 15 is 0 Å². The number of methoxy groups -OCH3 is 1. The number of rotatable bonds is 8. The van der Waals surface area contributed by atoms with Gasteiger partial charge in [-0.25, -0.2) is 0 Å². The molecular weight excluding hydrogens is 408 g/mol. The Balaban J connectivity index is 1.45. The van der Waals surface area contributed by atoms with E-state index in [2.05, 4.69) is 20.8 Å². The molecule has 3 aromatic rings. The summed E-state index contributed by atoms with van der Waals surface area (Å²) in [5.74, 6) is 0.452. The van der Waals surface area contributed by atoms with Crippen molar-refractivity contribution in [3.05, 3.63) is 66.2 Å². The van der Waals surface area contributed by atoms with Crippen LogP contribution in [-0.4, -0.2) is 34.9 Å². The lowest BCUT2D eigenvalue weighted by atomic mass is 10.2. The van der Waals surface area contributed by atoms with E-state index in [1.54, 1.807) is 37.5 Å². The molecule has 0 unspecified atom stereocenters. The number of carbonyl (C=O) groups excluding carboxylic acids is 2. The third-order valence-electron chi connectivity index (χ3n) is 3.56. The minimum Gasteiger partial charge on any atom is -0.497 e. The van der Waals surface area contributed by atoms with Crippen LogP contribution in [0.5, 0.6) is 5.75 Å². The van der Waals surface area contributed by atoms with Gasteiger partial charge in [0.05, 0.1) is 12.9 Å². The maximum absolute atomic E-state index is 12.1.